The summed E-state index contributed by atoms with van der Waals surface area (Å²) in [6.45, 7) is 6.67. The molecule has 0 aromatic heterocycles. The van der Waals surface area contributed by atoms with Crippen LogP contribution in [0.1, 0.15) is 49.8 Å². The standard InChI is InChI=1S/C29H33ClN2O2/c1-21(2)29(33)31-26-12-6-10-24(18-26)22-14-16-32(17-15-22)20-28(23-8-4-3-5-9-23)34-27-13-7-11-25(30)19-27/h3-13,18-19,21-22,28H,14-17,20H2,1-2H3,(H,31,33). The summed E-state index contributed by atoms with van der Waals surface area (Å²) < 4.78 is 6.40. The Bertz CT molecular complexity index is 1080. The van der Waals surface area contributed by atoms with E-state index in [0.717, 1.165) is 49.5 Å². The van der Waals surface area contributed by atoms with Crippen LogP contribution in [0.5, 0.6) is 5.75 Å². The highest BCUT2D eigenvalue weighted by atomic mass is 35.5. The van der Waals surface area contributed by atoms with Crippen molar-refractivity contribution in [3.05, 3.63) is 95.0 Å². The van der Waals surface area contributed by atoms with Crippen molar-refractivity contribution in [3.63, 3.8) is 0 Å². The average molecular weight is 477 g/mol. The van der Waals surface area contributed by atoms with Crippen molar-refractivity contribution in [2.45, 2.75) is 38.7 Å². The van der Waals surface area contributed by atoms with E-state index in [4.69, 9.17) is 16.3 Å². The molecular formula is C29H33ClN2O2. The second-order valence-electron chi connectivity index (χ2n) is 9.32. The maximum absolute atomic E-state index is 12.1. The number of likely N-dealkylation sites (tertiary alicyclic amines) is 1. The summed E-state index contributed by atoms with van der Waals surface area (Å²) >= 11 is 6.18. The number of rotatable bonds is 8. The van der Waals surface area contributed by atoms with Crippen LogP contribution in [-0.2, 0) is 4.79 Å². The molecule has 0 saturated carbocycles. The summed E-state index contributed by atoms with van der Waals surface area (Å²) in [6, 6.07) is 26.3. The van der Waals surface area contributed by atoms with Crippen LogP contribution in [0.2, 0.25) is 5.02 Å². The van der Waals surface area contributed by atoms with Gasteiger partial charge in [-0.25, -0.2) is 0 Å². The zero-order chi connectivity index (χ0) is 23.9. The molecule has 1 unspecified atom stereocenters. The van der Waals surface area contributed by atoms with Crippen LogP contribution in [-0.4, -0.2) is 30.4 Å². The number of carbonyl (C=O) groups excluding carboxylic acids is 1. The lowest BCUT2D eigenvalue weighted by Crippen LogP contribution is -2.37. The number of amides is 1. The number of nitrogens with zero attached hydrogens (tertiary/aromatic N) is 1. The Morgan fingerprint density at radius 2 is 1.74 bits per heavy atom. The highest BCUT2D eigenvalue weighted by Crippen LogP contribution is 2.32. The molecule has 0 bridgehead atoms. The molecule has 0 aliphatic carbocycles. The molecular weight excluding hydrogens is 444 g/mol. The molecule has 1 N–H and O–H groups in total. The van der Waals surface area contributed by atoms with E-state index in [1.807, 2.05) is 56.3 Å². The van der Waals surface area contributed by atoms with Gasteiger partial charge in [0.05, 0.1) is 0 Å². The molecule has 178 valence electrons. The normalized spacial score (nSPS) is 15.8. The average Bonchev–Trinajstić information content (AvgIpc) is 2.85. The topological polar surface area (TPSA) is 41.6 Å². The second kappa shape index (κ2) is 11.5. The van der Waals surface area contributed by atoms with Gasteiger partial charge in [0.1, 0.15) is 11.9 Å². The maximum atomic E-state index is 12.1. The van der Waals surface area contributed by atoms with Gasteiger partial charge in [-0.1, -0.05) is 74.0 Å². The molecule has 5 heteroatoms. The van der Waals surface area contributed by atoms with Gasteiger partial charge >= 0.3 is 0 Å². The molecule has 3 aromatic carbocycles. The van der Waals surface area contributed by atoms with Crippen LogP contribution in [0.25, 0.3) is 0 Å². The molecule has 1 heterocycles. The van der Waals surface area contributed by atoms with Crippen molar-refractivity contribution in [1.29, 1.82) is 0 Å². The van der Waals surface area contributed by atoms with Crippen molar-refractivity contribution in [1.82, 2.24) is 4.90 Å². The van der Waals surface area contributed by atoms with E-state index in [1.54, 1.807) is 0 Å². The Morgan fingerprint density at radius 3 is 2.44 bits per heavy atom. The van der Waals surface area contributed by atoms with Gasteiger partial charge in [-0.15, -0.1) is 0 Å². The van der Waals surface area contributed by atoms with Crippen molar-refractivity contribution < 1.29 is 9.53 Å². The highest BCUT2D eigenvalue weighted by Gasteiger charge is 2.25. The number of nitrogens with one attached hydrogen (secondary N) is 1. The van der Waals surface area contributed by atoms with Crippen LogP contribution in [0.15, 0.2) is 78.9 Å². The molecule has 0 spiro atoms. The molecule has 1 aliphatic heterocycles. The first-order chi connectivity index (χ1) is 16.5. The first kappa shape index (κ1) is 24.3. The fourth-order valence-electron chi connectivity index (χ4n) is 4.42. The van der Waals surface area contributed by atoms with Gasteiger partial charge in [0.2, 0.25) is 5.91 Å². The zero-order valence-electron chi connectivity index (χ0n) is 19.9. The molecule has 3 aromatic rings. The Kier molecular flexibility index (Phi) is 8.25. The third-order valence-electron chi connectivity index (χ3n) is 6.41. The Morgan fingerprint density at radius 1 is 1.00 bits per heavy atom. The van der Waals surface area contributed by atoms with Crippen molar-refractivity contribution in [3.8, 4) is 5.75 Å². The molecule has 1 fully saturated rings. The summed E-state index contributed by atoms with van der Waals surface area (Å²) in [5.74, 6) is 1.31. The number of carbonyl (C=O) groups is 1. The van der Waals surface area contributed by atoms with E-state index in [2.05, 4.69) is 46.6 Å². The maximum Gasteiger partial charge on any atom is 0.226 e. The molecule has 1 aliphatic rings. The molecule has 4 rings (SSSR count). The number of halogens is 1. The summed E-state index contributed by atoms with van der Waals surface area (Å²) in [5.41, 5.74) is 3.35. The van der Waals surface area contributed by atoms with Crippen LogP contribution in [0.4, 0.5) is 5.69 Å². The van der Waals surface area contributed by atoms with Gasteiger partial charge < -0.3 is 10.1 Å². The molecule has 1 amide bonds. The predicted molar refractivity (Wildman–Crippen MR) is 140 cm³/mol. The SMILES string of the molecule is CC(C)C(=O)Nc1cccc(C2CCN(CC(Oc3cccc(Cl)c3)c3ccccc3)CC2)c1. The van der Waals surface area contributed by atoms with Gasteiger partial charge in [-0.3, -0.25) is 9.69 Å². The number of benzene rings is 3. The fraction of sp³-hybridized carbons (Fsp3) is 0.345. The third kappa shape index (κ3) is 6.62. The summed E-state index contributed by atoms with van der Waals surface area (Å²) in [4.78, 5) is 14.6. The van der Waals surface area contributed by atoms with Crippen molar-refractivity contribution >= 4 is 23.2 Å². The van der Waals surface area contributed by atoms with E-state index >= 15 is 0 Å². The van der Waals surface area contributed by atoms with Crippen LogP contribution < -0.4 is 10.1 Å². The minimum Gasteiger partial charge on any atom is -0.484 e. The Hall–Kier alpha value is -2.82. The smallest absolute Gasteiger partial charge is 0.226 e. The number of anilines is 1. The van der Waals surface area contributed by atoms with E-state index in [1.165, 1.54) is 5.56 Å². The lowest BCUT2D eigenvalue weighted by atomic mass is 9.89. The van der Waals surface area contributed by atoms with Gasteiger partial charge in [-0.2, -0.15) is 0 Å². The van der Waals surface area contributed by atoms with Crippen LogP contribution in [0, 0.1) is 5.92 Å². The minimum atomic E-state index is -0.0641. The van der Waals surface area contributed by atoms with E-state index < -0.39 is 0 Å². The van der Waals surface area contributed by atoms with Crippen LogP contribution >= 0.6 is 11.6 Å². The molecule has 0 radical (unpaired) electrons. The van der Waals surface area contributed by atoms with Crippen molar-refractivity contribution in [2.24, 2.45) is 5.92 Å². The summed E-state index contributed by atoms with van der Waals surface area (Å²) in [5, 5.41) is 3.70. The molecule has 34 heavy (non-hydrogen) atoms. The number of piperidine rings is 1. The van der Waals surface area contributed by atoms with Gasteiger partial charge in [0, 0.05) is 23.2 Å². The molecule has 1 atom stereocenters. The first-order valence-electron chi connectivity index (χ1n) is 12.1. The van der Waals surface area contributed by atoms with E-state index in [-0.39, 0.29) is 17.9 Å². The summed E-state index contributed by atoms with van der Waals surface area (Å²) in [6.07, 6.45) is 2.10. The Labute approximate surface area is 207 Å². The van der Waals surface area contributed by atoms with Gasteiger partial charge in [-0.05, 0) is 73.3 Å². The second-order valence-corrected chi connectivity index (χ2v) is 9.76. The van der Waals surface area contributed by atoms with Crippen molar-refractivity contribution in [2.75, 3.05) is 25.0 Å². The monoisotopic (exact) mass is 476 g/mol. The quantitative estimate of drug-likeness (QED) is 0.383. The number of hydrogen-bond donors (Lipinski definition) is 1. The minimum absolute atomic E-state index is 0.0291. The molecule has 1 saturated heterocycles. The van der Waals surface area contributed by atoms with Gasteiger partial charge in [0.15, 0.2) is 0 Å². The van der Waals surface area contributed by atoms with E-state index in [0.29, 0.717) is 10.9 Å². The summed E-state index contributed by atoms with van der Waals surface area (Å²) in [7, 11) is 0. The lowest BCUT2D eigenvalue weighted by Gasteiger charge is -2.34. The molecule has 4 nitrogen and oxygen atoms in total. The van der Waals surface area contributed by atoms with Crippen LogP contribution in [0.3, 0.4) is 0 Å². The number of ether oxygens (including phenoxy) is 1. The first-order valence-corrected chi connectivity index (χ1v) is 12.5. The number of hydrogen-bond acceptors (Lipinski definition) is 3. The third-order valence-corrected chi connectivity index (χ3v) is 6.64. The fourth-order valence-corrected chi connectivity index (χ4v) is 4.60. The lowest BCUT2D eigenvalue weighted by molar-refractivity contribution is -0.118. The predicted octanol–water partition coefficient (Wildman–Crippen LogP) is 6.93. The van der Waals surface area contributed by atoms with Gasteiger partial charge in [0.25, 0.3) is 0 Å². The highest BCUT2D eigenvalue weighted by molar-refractivity contribution is 6.30. The van der Waals surface area contributed by atoms with E-state index in [9.17, 15) is 4.79 Å². The zero-order valence-corrected chi connectivity index (χ0v) is 20.7. The Balaban J connectivity index is 1.39. The largest absolute Gasteiger partial charge is 0.484 e.